The molecule has 1 aromatic heterocycles. The smallest absolute Gasteiger partial charge is 0.410 e. The SMILES string of the molecule is COC(=O)N1Cc2c(nn(C)c2N)C1C. The molecule has 1 atom stereocenters. The van der Waals surface area contributed by atoms with Gasteiger partial charge in [0.05, 0.1) is 25.4 Å². The Kier molecular flexibility index (Phi) is 2.06. The highest BCUT2D eigenvalue weighted by Crippen LogP contribution is 2.35. The van der Waals surface area contributed by atoms with Crippen LogP contribution < -0.4 is 5.73 Å². The van der Waals surface area contributed by atoms with Crippen molar-refractivity contribution in [1.29, 1.82) is 0 Å². The van der Waals surface area contributed by atoms with Crippen molar-refractivity contribution in [2.75, 3.05) is 12.8 Å². The van der Waals surface area contributed by atoms with Gasteiger partial charge < -0.3 is 10.5 Å². The van der Waals surface area contributed by atoms with Gasteiger partial charge in [-0.2, -0.15) is 5.10 Å². The number of methoxy groups -OCH3 is 1. The summed E-state index contributed by atoms with van der Waals surface area (Å²) in [6, 6.07) is -0.0732. The number of rotatable bonds is 0. The van der Waals surface area contributed by atoms with Crippen molar-refractivity contribution < 1.29 is 9.53 Å². The topological polar surface area (TPSA) is 73.4 Å². The minimum atomic E-state index is -0.345. The molecule has 1 unspecified atom stereocenters. The highest BCUT2D eigenvalue weighted by molar-refractivity contribution is 5.70. The van der Waals surface area contributed by atoms with E-state index in [-0.39, 0.29) is 12.1 Å². The normalized spacial score (nSPS) is 19.1. The van der Waals surface area contributed by atoms with Crippen LogP contribution in [0.5, 0.6) is 0 Å². The molecular formula is C9H14N4O2. The molecular weight excluding hydrogens is 196 g/mol. The molecule has 1 aliphatic heterocycles. The summed E-state index contributed by atoms with van der Waals surface area (Å²) in [5.74, 6) is 0.614. The quantitative estimate of drug-likeness (QED) is 0.682. The lowest BCUT2D eigenvalue weighted by Gasteiger charge is -2.19. The molecule has 2 N–H and O–H groups in total. The summed E-state index contributed by atoms with van der Waals surface area (Å²) < 4.78 is 6.32. The maximum absolute atomic E-state index is 11.4. The largest absolute Gasteiger partial charge is 0.453 e. The van der Waals surface area contributed by atoms with Crippen LogP contribution in [0.2, 0.25) is 0 Å². The Balaban J connectivity index is 2.34. The number of aromatic nitrogens is 2. The van der Waals surface area contributed by atoms with E-state index in [0.717, 1.165) is 11.3 Å². The van der Waals surface area contributed by atoms with E-state index in [1.54, 1.807) is 16.6 Å². The van der Waals surface area contributed by atoms with E-state index in [2.05, 4.69) is 9.84 Å². The van der Waals surface area contributed by atoms with E-state index < -0.39 is 0 Å². The summed E-state index contributed by atoms with van der Waals surface area (Å²) in [7, 11) is 3.16. The van der Waals surface area contributed by atoms with Crippen molar-refractivity contribution in [1.82, 2.24) is 14.7 Å². The number of carbonyl (C=O) groups is 1. The molecule has 0 spiro atoms. The van der Waals surface area contributed by atoms with Gasteiger partial charge in [0.2, 0.25) is 0 Å². The van der Waals surface area contributed by atoms with Crippen LogP contribution in [-0.4, -0.2) is 27.9 Å². The summed E-state index contributed by atoms with van der Waals surface area (Å²) in [6.45, 7) is 2.39. The highest BCUT2D eigenvalue weighted by Gasteiger charge is 2.35. The zero-order chi connectivity index (χ0) is 11.2. The minimum Gasteiger partial charge on any atom is -0.453 e. The van der Waals surface area contributed by atoms with Crippen molar-refractivity contribution in [2.24, 2.45) is 7.05 Å². The average molecular weight is 210 g/mol. The monoisotopic (exact) mass is 210 g/mol. The van der Waals surface area contributed by atoms with Gasteiger partial charge in [0.25, 0.3) is 0 Å². The van der Waals surface area contributed by atoms with Crippen LogP contribution in [0.25, 0.3) is 0 Å². The van der Waals surface area contributed by atoms with Crippen LogP contribution in [0.3, 0.4) is 0 Å². The molecule has 0 saturated heterocycles. The first-order chi connectivity index (χ1) is 7.06. The molecule has 1 amide bonds. The van der Waals surface area contributed by atoms with Crippen molar-refractivity contribution in [3.05, 3.63) is 11.3 Å². The third kappa shape index (κ3) is 1.25. The number of nitrogen functional groups attached to an aromatic ring is 1. The molecule has 1 aliphatic rings. The Labute approximate surface area is 87.6 Å². The zero-order valence-corrected chi connectivity index (χ0v) is 9.02. The van der Waals surface area contributed by atoms with Gasteiger partial charge in [-0.25, -0.2) is 4.79 Å². The molecule has 0 saturated carbocycles. The van der Waals surface area contributed by atoms with Crippen molar-refractivity contribution >= 4 is 11.9 Å². The molecule has 0 aromatic carbocycles. The van der Waals surface area contributed by atoms with Crippen LogP contribution in [0.4, 0.5) is 10.6 Å². The van der Waals surface area contributed by atoms with Crippen LogP contribution in [0, 0.1) is 0 Å². The Morgan fingerprint density at radius 3 is 2.87 bits per heavy atom. The fourth-order valence-corrected chi connectivity index (χ4v) is 1.89. The fraction of sp³-hybridized carbons (Fsp3) is 0.556. The van der Waals surface area contributed by atoms with Gasteiger partial charge in [-0.05, 0) is 6.92 Å². The molecule has 6 nitrogen and oxygen atoms in total. The van der Waals surface area contributed by atoms with E-state index in [4.69, 9.17) is 5.73 Å². The van der Waals surface area contributed by atoms with Gasteiger partial charge in [-0.3, -0.25) is 9.58 Å². The number of carbonyl (C=O) groups excluding carboxylic acids is 1. The lowest BCUT2D eigenvalue weighted by atomic mass is 10.2. The van der Waals surface area contributed by atoms with Gasteiger partial charge in [-0.15, -0.1) is 0 Å². The summed E-state index contributed by atoms with van der Waals surface area (Å²) in [5.41, 5.74) is 7.63. The van der Waals surface area contributed by atoms with Gasteiger partial charge >= 0.3 is 6.09 Å². The molecule has 0 aliphatic carbocycles. The van der Waals surface area contributed by atoms with Gasteiger partial charge in [0.15, 0.2) is 0 Å². The van der Waals surface area contributed by atoms with E-state index in [1.165, 1.54) is 7.11 Å². The van der Waals surface area contributed by atoms with Crippen LogP contribution in [-0.2, 0) is 18.3 Å². The minimum absolute atomic E-state index is 0.0732. The summed E-state index contributed by atoms with van der Waals surface area (Å²) in [4.78, 5) is 13.0. The van der Waals surface area contributed by atoms with E-state index in [0.29, 0.717) is 12.4 Å². The summed E-state index contributed by atoms with van der Waals surface area (Å²) in [5, 5.41) is 4.28. The number of nitrogens with zero attached hydrogens (tertiary/aromatic N) is 3. The molecule has 0 radical (unpaired) electrons. The Hall–Kier alpha value is -1.72. The molecule has 2 heterocycles. The Bertz CT molecular complexity index is 412. The number of nitrogens with two attached hydrogens (primary N) is 1. The summed E-state index contributed by atoms with van der Waals surface area (Å²) >= 11 is 0. The third-order valence-corrected chi connectivity index (χ3v) is 2.83. The number of amides is 1. The zero-order valence-electron chi connectivity index (χ0n) is 9.02. The molecule has 2 rings (SSSR count). The Morgan fingerprint density at radius 2 is 2.33 bits per heavy atom. The van der Waals surface area contributed by atoms with Crippen molar-refractivity contribution in [3.63, 3.8) is 0 Å². The molecule has 0 fully saturated rings. The van der Waals surface area contributed by atoms with Crippen LogP contribution in [0.15, 0.2) is 0 Å². The fourth-order valence-electron chi connectivity index (χ4n) is 1.89. The highest BCUT2D eigenvalue weighted by atomic mass is 16.5. The first kappa shape index (κ1) is 9.82. The van der Waals surface area contributed by atoms with Gasteiger partial charge in [0, 0.05) is 12.6 Å². The second-order valence-electron chi connectivity index (χ2n) is 3.65. The third-order valence-electron chi connectivity index (χ3n) is 2.83. The summed E-state index contributed by atoms with van der Waals surface area (Å²) in [6.07, 6.45) is -0.345. The predicted octanol–water partition coefficient (Wildman–Crippen LogP) is 0.645. The number of hydrogen-bond donors (Lipinski definition) is 1. The first-order valence-electron chi connectivity index (χ1n) is 4.72. The number of ether oxygens (including phenoxy) is 1. The second-order valence-corrected chi connectivity index (χ2v) is 3.65. The Morgan fingerprint density at radius 1 is 1.67 bits per heavy atom. The molecule has 82 valence electrons. The molecule has 1 aromatic rings. The molecule has 0 bridgehead atoms. The molecule has 6 heteroatoms. The van der Waals surface area contributed by atoms with Crippen LogP contribution in [0.1, 0.15) is 24.2 Å². The van der Waals surface area contributed by atoms with Gasteiger partial charge in [-0.1, -0.05) is 0 Å². The van der Waals surface area contributed by atoms with E-state index >= 15 is 0 Å². The number of aryl methyl sites for hydroxylation is 1. The number of hydrogen-bond acceptors (Lipinski definition) is 4. The van der Waals surface area contributed by atoms with Crippen LogP contribution >= 0.6 is 0 Å². The molecule has 15 heavy (non-hydrogen) atoms. The van der Waals surface area contributed by atoms with Gasteiger partial charge in [0.1, 0.15) is 5.82 Å². The standard InChI is InChI=1S/C9H14N4O2/c1-5-7-6(8(10)12(2)11-7)4-13(5)9(14)15-3/h5H,4,10H2,1-3H3. The predicted molar refractivity (Wildman–Crippen MR) is 54.0 cm³/mol. The average Bonchev–Trinajstić information content (AvgIpc) is 2.68. The number of anilines is 1. The lowest BCUT2D eigenvalue weighted by molar-refractivity contribution is 0.111. The van der Waals surface area contributed by atoms with E-state index in [1.807, 2.05) is 6.92 Å². The second kappa shape index (κ2) is 3.15. The van der Waals surface area contributed by atoms with E-state index in [9.17, 15) is 4.79 Å². The maximum Gasteiger partial charge on any atom is 0.410 e. The number of fused-ring (bicyclic) bond motifs is 1. The lowest BCUT2D eigenvalue weighted by Crippen LogP contribution is -2.28. The van der Waals surface area contributed by atoms with Crippen molar-refractivity contribution in [2.45, 2.75) is 19.5 Å². The van der Waals surface area contributed by atoms with Crippen molar-refractivity contribution in [3.8, 4) is 0 Å². The maximum atomic E-state index is 11.4. The first-order valence-corrected chi connectivity index (χ1v) is 4.72.